The van der Waals surface area contributed by atoms with Gasteiger partial charge in [0.25, 0.3) is 0 Å². The average Bonchev–Trinajstić information content (AvgIpc) is 2.43. The third-order valence-electron chi connectivity index (χ3n) is 4.80. The monoisotopic (exact) mass is 319 g/mol. The molecule has 124 valence electrons. The molecule has 3 N–H and O–H groups in total. The van der Waals surface area contributed by atoms with E-state index in [0.29, 0.717) is 16.9 Å². The first-order chi connectivity index (χ1) is 11.0. The van der Waals surface area contributed by atoms with Gasteiger partial charge in [-0.3, -0.25) is 9.59 Å². The lowest BCUT2D eigenvalue weighted by atomic mass is 9.58. The van der Waals surface area contributed by atoms with Gasteiger partial charge in [0.15, 0.2) is 0 Å². The van der Waals surface area contributed by atoms with Crippen molar-refractivity contribution in [2.75, 3.05) is 20.2 Å². The molecular formula is C16H21N3O4. The van der Waals surface area contributed by atoms with Crippen LogP contribution in [0.15, 0.2) is 18.3 Å². The first-order valence-corrected chi connectivity index (χ1v) is 7.74. The van der Waals surface area contributed by atoms with Gasteiger partial charge in [-0.2, -0.15) is 0 Å². The Labute approximate surface area is 134 Å². The third-order valence-corrected chi connectivity index (χ3v) is 4.80. The Morgan fingerprint density at radius 2 is 2.22 bits per heavy atom. The van der Waals surface area contributed by atoms with Crippen molar-refractivity contribution < 1.29 is 19.4 Å². The van der Waals surface area contributed by atoms with Crippen LogP contribution >= 0.6 is 0 Å². The molecule has 2 aliphatic rings. The molecule has 0 radical (unpaired) electrons. The molecule has 1 saturated heterocycles. The highest BCUT2D eigenvalue weighted by molar-refractivity contribution is 5.81. The molecule has 0 bridgehead atoms. The summed E-state index contributed by atoms with van der Waals surface area (Å²) in [6.45, 7) is 1.97. The van der Waals surface area contributed by atoms with Crippen LogP contribution in [-0.2, 0) is 9.59 Å². The molecule has 1 unspecified atom stereocenters. The van der Waals surface area contributed by atoms with Gasteiger partial charge in [0.1, 0.15) is 0 Å². The highest BCUT2D eigenvalue weighted by atomic mass is 16.5. The van der Waals surface area contributed by atoms with Gasteiger partial charge in [-0.1, -0.05) is 6.07 Å². The molecule has 1 aromatic heterocycles. The summed E-state index contributed by atoms with van der Waals surface area (Å²) in [6, 6.07) is 2.82. The molecule has 1 aliphatic carbocycles. The highest BCUT2D eigenvalue weighted by Gasteiger charge is 2.51. The predicted molar refractivity (Wildman–Crippen MR) is 82.0 cm³/mol. The summed E-state index contributed by atoms with van der Waals surface area (Å²) in [5, 5.41) is 15.2. The van der Waals surface area contributed by atoms with Crippen molar-refractivity contribution >= 4 is 11.9 Å². The number of nitrogens with one attached hydrogen (secondary N) is 2. The minimum Gasteiger partial charge on any atom is -0.481 e. The lowest BCUT2D eigenvalue weighted by molar-refractivity contribution is -0.139. The maximum Gasteiger partial charge on any atom is 0.305 e. The lowest BCUT2D eigenvalue weighted by Gasteiger charge is -2.53. The first-order valence-electron chi connectivity index (χ1n) is 7.74. The SMILES string of the molecule is COc1ccc(C(CC(=O)O)NC(=O)C2CC3(CNC3)C2)cn1. The van der Waals surface area contributed by atoms with E-state index in [9.17, 15) is 9.59 Å². The Kier molecular flexibility index (Phi) is 4.21. The minimum atomic E-state index is -0.959. The fourth-order valence-electron chi connectivity index (χ4n) is 3.37. The lowest BCUT2D eigenvalue weighted by Crippen LogP contribution is -2.62. The molecule has 2 fully saturated rings. The number of carbonyl (C=O) groups is 2. The topological polar surface area (TPSA) is 101 Å². The van der Waals surface area contributed by atoms with Gasteiger partial charge >= 0.3 is 5.97 Å². The van der Waals surface area contributed by atoms with Crippen LogP contribution in [0.5, 0.6) is 5.88 Å². The van der Waals surface area contributed by atoms with E-state index < -0.39 is 12.0 Å². The van der Waals surface area contributed by atoms with Gasteiger partial charge in [-0.05, 0) is 23.8 Å². The van der Waals surface area contributed by atoms with Crippen molar-refractivity contribution in [3.8, 4) is 5.88 Å². The number of carbonyl (C=O) groups excluding carboxylic acids is 1. The number of aliphatic carboxylic acids is 1. The van der Waals surface area contributed by atoms with Crippen LogP contribution in [-0.4, -0.2) is 42.2 Å². The summed E-state index contributed by atoms with van der Waals surface area (Å²) < 4.78 is 5.00. The van der Waals surface area contributed by atoms with Crippen molar-refractivity contribution in [1.29, 1.82) is 0 Å². The van der Waals surface area contributed by atoms with E-state index in [1.165, 1.54) is 7.11 Å². The summed E-state index contributed by atoms with van der Waals surface area (Å²) in [6.07, 6.45) is 3.14. The number of hydrogen-bond donors (Lipinski definition) is 3. The van der Waals surface area contributed by atoms with E-state index in [4.69, 9.17) is 9.84 Å². The van der Waals surface area contributed by atoms with Crippen LogP contribution in [0.4, 0.5) is 0 Å². The summed E-state index contributed by atoms with van der Waals surface area (Å²) in [5.74, 6) is -0.587. The van der Waals surface area contributed by atoms with Gasteiger partial charge in [0.2, 0.25) is 11.8 Å². The Morgan fingerprint density at radius 1 is 1.48 bits per heavy atom. The normalized spacial score (nSPS) is 20.2. The molecule has 1 amide bonds. The number of amides is 1. The number of carboxylic acids is 1. The molecule has 23 heavy (non-hydrogen) atoms. The molecule has 1 spiro atoms. The average molecular weight is 319 g/mol. The number of carboxylic acid groups (broad SMARTS) is 1. The van der Waals surface area contributed by atoms with Crippen LogP contribution < -0.4 is 15.4 Å². The maximum atomic E-state index is 12.4. The second kappa shape index (κ2) is 6.16. The van der Waals surface area contributed by atoms with Crippen LogP contribution in [0, 0.1) is 11.3 Å². The van der Waals surface area contributed by atoms with E-state index in [1.54, 1.807) is 18.3 Å². The Balaban J connectivity index is 1.63. The van der Waals surface area contributed by atoms with Crippen molar-refractivity contribution in [1.82, 2.24) is 15.6 Å². The molecule has 2 heterocycles. The van der Waals surface area contributed by atoms with Crippen LogP contribution in [0.3, 0.4) is 0 Å². The molecule has 1 atom stereocenters. The maximum absolute atomic E-state index is 12.4. The number of nitrogens with zero attached hydrogens (tertiary/aromatic N) is 1. The zero-order valence-electron chi connectivity index (χ0n) is 13.0. The van der Waals surface area contributed by atoms with Crippen LogP contribution in [0.1, 0.15) is 30.9 Å². The fourth-order valence-corrected chi connectivity index (χ4v) is 3.37. The molecule has 7 heteroatoms. The van der Waals surface area contributed by atoms with Crippen molar-refractivity contribution in [3.05, 3.63) is 23.9 Å². The number of rotatable bonds is 6. The molecule has 1 aliphatic heterocycles. The molecule has 1 aromatic rings. The molecular weight excluding hydrogens is 298 g/mol. The smallest absolute Gasteiger partial charge is 0.305 e. The Bertz CT molecular complexity index is 590. The Morgan fingerprint density at radius 3 is 2.70 bits per heavy atom. The number of pyridine rings is 1. The number of hydrogen-bond acceptors (Lipinski definition) is 5. The van der Waals surface area contributed by atoms with E-state index >= 15 is 0 Å². The standard InChI is InChI=1S/C16H21N3O4/c1-23-13-3-2-10(7-18-13)12(4-14(20)21)19-15(22)11-5-16(6-11)8-17-9-16/h2-3,7,11-12,17H,4-6,8-9H2,1H3,(H,19,22)(H,20,21). The fraction of sp³-hybridized carbons (Fsp3) is 0.562. The molecule has 1 saturated carbocycles. The highest BCUT2D eigenvalue weighted by Crippen LogP contribution is 2.48. The van der Waals surface area contributed by atoms with Crippen molar-refractivity contribution in [2.24, 2.45) is 11.3 Å². The summed E-state index contributed by atoms with van der Waals surface area (Å²) in [5.41, 5.74) is 0.979. The van der Waals surface area contributed by atoms with E-state index in [2.05, 4.69) is 15.6 Å². The van der Waals surface area contributed by atoms with Crippen LogP contribution in [0.2, 0.25) is 0 Å². The molecule has 0 aromatic carbocycles. The summed E-state index contributed by atoms with van der Waals surface area (Å²) >= 11 is 0. The van der Waals surface area contributed by atoms with Crippen molar-refractivity contribution in [3.63, 3.8) is 0 Å². The van der Waals surface area contributed by atoms with Gasteiger partial charge in [-0.15, -0.1) is 0 Å². The number of aromatic nitrogens is 1. The van der Waals surface area contributed by atoms with Gasteiger partial charge in [-0.25, -0.2) is 4.98 Å². The largest absolute Gasteiger partial charge is 0.481 e. The second-order valence-electron chi connectivity index (χ2n) is 6.50. The zero-order chi connectivity index (χ0) is 16.4. The quantitative estimate of drug-likeness (QED) is 0.714. The van der Waals surface area contributed by atoms with E-state index in [1.807, 2.05) is 0 Å². The number of ether oxygens (including phenoxy) is 1. The van der Waals surface area contributed by atoms with Gasteiger partial charge < -0.3 is 20.5 Å². The van der Waals surface area contributed by atoms with Gasteiger partial charge in [0, 0.05) is 31.3 Å². The third kappa shape index (κ3) is 3.29. The summed E-state index contributed by atoms with van der Waals surface area (Å²) in [4.78, 5) is 27.5. The molecule has 3 rings (SSSR count). The molecule has 7 nitrogen and oxygen atoms in total. The summed E-state index contributed by atoms with van der Waals surface area (Å²) in [7, 11) is 1.51. The second-order valence-corrected chi connectivity index (χ2v) is 6.50. The Hall–Kier alpha value is -2.15. The minimum absolute atomic E-state index is 0.0143. The van der Waals surface area contributed by atoms with Gasteiger partial charge in [0.05, 0.1) is 19.6 Å². The van der Waals surface area contributed by atoms with Crippen molar-refractivity contribution in [2.45, 2.75) is 25.3 Å². The van der Waals surface area contributed by atoms with Crippen LogP contribution in [0.25, 0.3) is 0 Å². The number of methoxy groups -OCH3 is 1. The first kappa shape index (κ1) is 15.7. The predicted octanol–water partition coefficient (Wildman–Crippen LogP) is 0.722. The van der Waals surface area contributed by atoms with E-state index in [-0.39, 0.29) is 18.2 Å². The zero-order valence-corrected chi connectivity index (χ0v) is 13.0. The van der Waals surface area contributed by atoms with E-state index in [0.717, 1.165) is 25.9 Å².